The number of nitrogens with one attached hydrogen (secondary N) is 1. The number of likely N-dealkylation sites (N-methyl/N-ethyl adjacent to an activating group) is 1. The van der Waals surface area contributed by atoms with Crippen molar-refractivity contribution in [1.29, 1.82) is 0 Å². The van der Waals surface area contributed by atoms with Crippen LogP contribution in [-0.4, -0.2) is 61.2 Å². The van der Waals surface area contributed by atoms with Gasteiger partial charge in [0.15, 0.2) is 5.84 Å². The molecule has 2 fully saturated rings. The number of nitrogens with zero attached hydrogens (tertiary/aromatic N) is 2. The zero-order valence-corrected chi connectivity index (χ0v) is 12.7. The molecule has 0 bridgehead atoms. The molecule has 0 radical (unpaired) electrons. The van der Waals surface area contributed by atoms with E-state index >= 15 is 0 Å². The summed E-state index contributed by atoms with van der Waals surface area (Å²) in [6, 6.07) is 0. The van der Waals surface area contributed by atoms with Gasteiger partial charge in [0.2, 0.25) is 5.91 Å². The molecule has 0 aromatic heterocycles. The Morgan fingerprint density at radius 2 is 2.19 bits per heavy atom. The second kappa shape index (κ2) is 7.09. The van der Waals surface area contributed by atoms with E-state index in [-0.39, 0.29) is 17.8 Å². The molecule has 1 heterocycles. The van der Waals surface area contributed by atoms with Gasteiger partial charge in [-0.2, -0.15) is 0 Å². The minimum Gasteiger partial charge on any atom is -0.409 e. The summed E-state index contributed by atoms with van der Waals surface area (Å²) in [5.74, 6) is -0.115. The normalized spacial score (nSPS) is 27.3. The number of carbonyl (C=O) groups is 1. The average molecular weight is 298 g/mol. The van der Waals surface area contributed by atoms with E-state index in [0.717, 1.165) is 32.4 Å². The Bertz CT molecular complexity index is 394. The molecule has 0 spiro atoms. The fourth-order valence-corrected chi connectivity index (χ4v) is 3.22. The van der Waals surface area contributed by atoms with E-state index in [2.05, 4.69) is 15.4 Å². The Morgan fingerprint density at radius 1 is 1.48 bits per heavy atom. The van der Waals surface area contributed by atoms with Crippen LogP contribution in [0.3, 0.4) is 0 Å². The fourth-order valence-electron chi connectivity index (χ4n) is 3.22. The van der Waals surface area contributed by atoms with Gasteiger partial charge < -0.3 is 25.9 Å². The zero-order valence-electron chi connectivity index (χ0n) is 12.7. The monoisotopic (exact) mass is 298 g/mol. The van der Waals surface area contributed by atoms with Crippen molar-refractivity contribution in [2.24, 2.45) is 16.3 Å². The number of nitrogens with two attached hydrogens (primary N) is 1. The van der Waals surface area contributed by atoms with Crippen LogP contribution in [-0.2, 0) is 9.53 Å². The van der Waals surface area contributed by atoms with E-state index in [9.17, 15) is 4.79 Å². The average Bonchev–Trinajstić information content (AvgIpc) is 2.52. The van der Waals surface area contributed by atoms with Crippen LogP contribution in [0.4, 0.5) is 0 Å². The van der Waals surface area contributed by atoms with Gasteiger partial charge in [-0.15, -0.1) is 0 Å². The Balaban J connectivity index is 1.95. The number of rotatable bonds is 4. The molecule has 1 amide bonds. The maximum Gasteiger partial charge on any atom is 0.234 e. The first-order valence-corrected chi connectivity index (χ1v) is 7.65. The van der Waals surface area contributed by atoms with Crippen LogP contribution in [0, 0.1) is 5.41 Å². The van der Waals surface area contributed by atoms with Gasteiger partial charge in [0.1, 0.15) is 5.41 Å². The Hall–Kier alpha value is -1.34. The molecule has 2 aliphatic rings. The molecule has 7 heteroatoms. The van der Waals surface area contributed by atoms with Gasteiger partial charge in [0.25, 0.3) is 0 Å². The molecule has 0 aromatic carbocycles. The van der Waals surface area contributed by atoms with Gasteiger partial charge in [-0.1, -0.05) is 24.4 Å². The third-order valence-corrected chi connectivity index (χ3v) is 4.57. The minimum absolute atomic E-state index is 0.000584. The summed E-state index contributed by atoms with van der Waals surface area (Å²) in [5.41, 5.74) is 4.96. The minimum atomic E-state index is -0.854. The van der Waals surface area contributed by atoms with Gasteiger partial charge in [-0.05, 0) is 19.9 Å². The molecule has 7 nitrogen and oxygen atoms in total. The van der Waals surface area contributed by atoms with Crippen molar-refractivity contribution in [3.63, 3.8) is 0 Å². The van der Waals surface area contributed by atoms with Crippen LogP contribution >= 0.6 is 0 Å². The smallest absolute Gasteiger partial charge is 0.234 e. The lowest BCUT2D eigenvalue weighted by Crippen LogP contribution is -2.53. The molecule has 4 N–H and O–H groups in total. The Labute approximate surface area is 125 Å². The molecular weight excluding hydrogens is 272 g/mol. The zero-order chi connectivity index (χ0) is 15.3. The van der Waals surface area contributed by atoms with E-state index in [0.29, 0.717) is 26.0 Å². The van der Waals surface area contributed by atoms with E-state index in [1.165, 1.54) is 0 Å². The van der Waals surface area contributed by atoms with Crippen LogP contribution in [0.15, 0.2) is 5.16 Å². The first-order chi connectivity index (χ1) is 10.1. The van der Waals surface area contributed by atoms with Crippen molar-refractivity contribution in [3.05, 3.63) is 0 Å². The third kappa shape index (κ3) is 3.65. The van der Waals surface area contributed by atoms with Crippen LogP contribution in [0.25, 0.3) is 0 Å². The summed E-state index contributed by atoms with van der Waals surface area (Å²) < 4.78 is 5.64. The van der Waals surface area contributed by atoms with Crippen molar-refractivity contribution in [2.45, 2.75) is 38.2 Å². The molecular formula is C14H26N4O3. The number of oxime groups is 1. The van der Waals surface area contributed by atoms with E-state index in [1.54, 1.807) is 0 Å². The quantitative estimate of drug-likeness (QED) is 0.296. The molecule has 1 aliphatic heterocycles. The first kappa shape index (κ1) is 16.0. The molecule has 21 heavy (non-hydrogen) atoms. The summed E-state index contributed by atoms with van der Waals surface area (Å²) in [6.07, 6.45) is 4.21. The highest BCUT2D eigenvalue weighted by Gasteiger charge is 2.43. The molecule has 1 aliphatic carbocycles. The lowest BCUT2D eigenvalue weighted by atomic mass is 9.72. The van der Waals surface area contributed by atoms with Gasteiger partial charge in [-0.3, -0.25) is 4.79 Å². The summed E-state index contributed by atoms with van der Waals surface area (Å²) >= 11 is 0. The molecule has 2 rings (SSSR count). The van der Waals surface area contributed by atoms with E-state index in [4.69, 9.17) is 15.7 Å². The van der Waals surface area contributed by atoms with E-state index in [1.807, 2.05) is 7.05 Å². The lowest BCUT2D eigenvalue weighted by Gasteiger charge is -2.35. The SMILES string of the molecule is CN1CCOC(CNC(=O)C2(C(N)=NO)CCCCC2)C1. The summed E-state index contributed by atoms with van der Waals surface area (Å²) in [7, 11) is 2.04. The standard InChI is InChI=1S/C14H26N4O3/c1-18-7-8-21-11(10-18)9-16-13(19)14(12(15)17-20)5-3-2-4-6-14/h11,20H,2-10H2,1H3,(H2,15,17)(H,16,19). The third-order valence-electron chi connectivity index (χ3n) is 4.57. The van der Waals surface area contributed by atoms with Crippen molar-refractivity contribution in [1.82, 2.24) is 10.2 Å². The Kier molecular flexibility index (Phi) is 5.41. The van der Waals surface area contributed by atoms with Crippen LogP contribution in [0.1, 0.15) is 32.1 Å². The van der Waals surface area contributed by atoms with Crippen LogP contribution < -0.4 is 11.1 Å². The summed E-state index contributed by atoms with van der Waals surface area (Å²) in [4.78, 5) is 14.8. The van der Waals surface area contributed by atoms with Gasteiger partial charge in [0.05, 0.1) is 12.7 Å². The highest BCUT2D eigenvalue weighted by atomic mass is 16.5. The van der Waals surface area contributed by atoms with Crippen molar-refractivity contribution in [3.8, 4) is 0 Å². The van der Waals surface area contributed by atoms with Gasteiger partial charge >= 0.3 is 0 Å². The fraction of sp³-hybridized carbons (Fsp3) is 0.857. The van der Waals surface area contributed by atoms with Crippen molar-refractivity contribution < 1.29 is 14.7 Å². The number of amidine groups is 1. The van der Waals surface area contributed by atoms with E-state index < -0.39 is 5.41 Å². The maximum absolute atomic E-state index is 12.6. The van der Waals surface area contributed by atoms with Gasteiger partial charge in [-0.25, -0.2) is 0 Å². The highest BCUT2D eigenvalue weighted by Crippen LogP contribution is 2.36. The topological polar surface area (TPSA) is 100 Å². The number of ether oxygens (including phenoxy) is 1. The van der Waals surface area contributed by atoms with Crippen molar-refractivity contribution in [2.75, 3.05) is 33.3 Å². The first-order valence-electron chi connectivity index (χ1n) is 7.65. The summed E-state index contributed by atoms with van der Waals surface area (Å²) in [5, 5.41) is 15.0. The largest absolute Gasteiger partial charge is 0.409 e. The molecule has 1 unspecified atom stereocenters. The molecule has 120 valence electrons. The van der Waals surface area contributed by atoms with Gasteiger partial charge in [0, 0.05) is 19.6 Å². The number of hydrogen-bond donors (Lipinski definition) is 3. The maximum atomic E-state index is 12.6. The van der Waals surface area contributed by atoms with Crippen molar-refractivity contribution >= 4 is 11.7 Å². The lowest BCUT2D eigenvalue weighted by molar-refractivity contribution is -0.130. The second-order valence-corrected chi connectivity index (χ2v) is 6.09. The predicted molar refractivity (Wildman–Crippen MR) is 79.2 cm³/mol. The van der Waals surface area contributed by atoms with Crippen LogP contribution in [0.5, 0.6) is 0 Å². The predicted octanol–water partition coefficient (Wildman–Crippen LogP) is 0.130. The Morgan fingerprint density at radius 3 is 2.81 bits per heavy atom. The molecule has 1 atom stereocenters. The number of carbonyl (C=O) groups excluding carboxylic acids is 1. The number of morpholine rings is 1. The molecule has 1 saturated carbocycles. The number of hydrogen-bond acceptors (Lipinski definition) is 5. The summed E-state index contributed by atoms with van der Waals surface area (Å²) in [6.45, 7) is 2.86. The molecule has 1 saturated heterocycles. The second-order valence-electron chi connectivity index (χ2n) is 6.09. The van der Waals surface area contributed by atoms with Crippen LogP contribution in [0.2, 0.25) is 0 Å². The molecule has 0 aromatic rings. The number of amides is 1. The highest BCUT2D eigenvalue weighted by molar-refractivity contribution is 6.06.